The lowest BCUT2D eigenvalue weighted by Crippen LogP contribution is -2.46. The van der Waals surface area contributed by atoms with Crippen molar-refractivity contribution in [1.82, 2.24) is 4.57 Å². The number of hydrogen-bond donors (Lipinski definition) is 0. The third-order valence-corrected chi connectivity index (χ3v) is 4.28. The fraction of sp³-hybridized carbons (Fsp3) is 0.294. The fourth-order valence-corrected chi connectivity index (χ4v) is 3.28. The van der Waals surface area contributed by atoms with Crippen LogP contribution in [-0.2, 0) is 10.5 Å². The van der Waals surface area contributed by atoms with Crippen LogP contribution in [0.25, 0.3) is 0 Å². The second kappa shape index (κ2) is 3.99. The third kappa shape index (κ3) is 1.53. The van der Waals surface area contributed by atoms with Gasteiger partial charge in [0, 0.05) is 12.3 Å². The summed E-state index contributed by atoms with van der Waals surface area (Å²) in [5.41, 5.74) is -0.349. The van der Waals surface area contributed by atoms with Gasteiger partial charge in [0.25, 0.3) is 5.56 Å². The van der Waals surface area contributed by atoms with E-state index in [1.54, 1.807) is 41.1 Å². The summed E-state index contributed by atoms with van der Waals surface area (Å²) < 4.78 is 13.6. The van der Waals surface area contributed by atoms with E-state index in [1.807, 2.05) is 13.8 Å². The Morgan fingerprint density at radius 1 is 1.27 bits per heavy atom. The van der Waals surface area contributed by atoms with Gasteiger partial charge in [-0.3, -0.25) is 9.36 Å². The largest absolute Gasteiger partial charge is 0.484 e. The molecule has 1 saturated heterocycles. The van der Waals surface area contributed by atoms with Gasteiger partial charge in [0.1, 0.15) is 11.4 Å². The highest BCUT2D eigenvalue weighted by Crippen LogP contribution is 2.58. The molecule has 2 atom stereocenters. The number of nitrogens with zero attached hydrogens (tertiary/aromatic N) is 2. The second-order valence-electron chi connectivity index (χ2n) is 6.13. The normalized spacial score (nSPS) is 27.0. The van der Waals surface area contributed by atoms with E-state index in [2.05, 4.69) is 6.07 Å². The van der Waals surface area contributed by atoms with Crippen molar-refractivity contribution in [2.45, 2.75) is 31.3 Å². The molecule has 0 aliphatic carbocycles. The van der Waals surface area contributed by atoms with Gasteiger partial charge in [0.05, 0.1) is 17.2 Å². The second-order valence-corrected chi connectivity index (χ2v) is 6.13. The van der Waals surface area contributed by atoms with Gasteiger partial charge in [-0.25, -0.2) is 0 Å². The minimum atomic E-state index is -0.887. The zero-order valence-electron chi connectivity index (χ0n) is 12.2. The monoisotopic (exact) mass is 294 g/mol. The van der Waals surface area contributed by atoms with Gasteiger partial charge in [0.2, 0.25) is 5.72 Å². The smallest absolute Gasteiger partial charge is 0.253 e. The fourth-order valence-electron chi connectivity index (χ4n) is 3.28. The van der Waals surface area contributed by atoms with E-state index in [4.69, 9.17) is 14.7 Å². The number of ether oxygens (including phenoxy) is 2. The Bertz CT molecular complexity index is 878. The Hall–Kier alpha value is -2.58. The molecule has 5 nitrogen and oxygen atoms in total. The van der Waals surface area contributed by atoms with Crippen LogP contribution in [0, 0.1) is 11.3 Å². The van der Waals surface area contributed by atoms with Gasteiger partial charge in [-0.15, -0.1) is 0 Å². The van der Waals surface area contributed by atoms with Crippen LogP contribution in [0.15, 0.2) is 47.4 Å². The number of epoxide rings is 1. The van der Waals surface area contributed by atoms with Gasteiger partial charge < -0.3 is 9.47 Å². The summed E-state index contributed by atoms with van der Waals surface area (Å²) in [6, 6.07) is 12.3. The molecule has 1 aromatic carbocycles. The van der Waals surface area contributed by atoms with Crippen LogP contribution in [0.1, 0.15) is 25.0 Å². The molecule has 2 aliphatic rings. The van der Waals surface area contributed by atoms with E-state index in [1.165, 1.54) is 6.07 Å². The number of rotatable bonds is 1. The summed E-state index contributed by atoms with van der Waals surface area (Å²) in [6.07, 6.45) is 1.44. The van der Waals surface area contributed by atoms with Gasteiger partial charge >= 0.3 is 0 Å². The lowest BCUT2D eigenvalue weighted by Gasteiger charge is -2.34. The molecule has 0 radical (unpaired) electrons. The van der Waals surface area contributed by atoms with Crippen molar-refractivity contribution in [3.8, 4) is 11.8 Å². The minimum Gasteiger partial charge on any atom is -0.484 e. The quantitative estimate of drug-likeness (QED) is 0.754. The molecule has 0 bridgehead atoms. The molecule has 22 heavy (non-hydrogen) atoms. The van der Waals surface area contributed by atoms with Crippen molar-refractivity contribution in [2.24, 2.45) is 0 Å². The number of fused-ring (bicyclic) bond motifs is 3. The first kappa shape index (κ1) is 13.1. The number of hydrogen-bond acceptors (Lipinski definition) is 4. The number of aromatic nitrogens is 1. The molecule has 1 aromatic heterocycles. The topological polar surface area (TPSA) is 67.5 Å². The molecular weight excluding hydrogens is 280 g/mol. The van der Waals surface area contributed by atoms with Crippen molar-refractivity contribution < 1.29 is 9.47 Å². The van der Waals surface area contributed by atoms with Gasteiger partial charge in [-0.05, 0) is 38.1 Å². The first-order valence-corrected chi connectivity index (χ1v) is 7.09. The Kier molecular flexibility index (Phi) is 2.38. The highest BCUT2D eigenvalue weighted by Gasteiger charge is 2.70. The highest BCUT2D eigenvalue weighted by molar-refractivity contribution is 5.51. The summed E-state index contributed by atoms with van der Waals surface area (Å²) in [4.78, 5) is 12.3. The van der Waals surface area contributed by atoms with Crippen molar-refractivity contribution in [2.75, 3.05) is 0 Å². The van der Waals surface area contributed by atoms with E-state index in [9.17, 15) is 4.79 Å². The van der Waals surface area contributed by atoms with E-state index < -0.39 is 11.3 Å². The van der Waals surface area contributed by atoms with Crippen LogP contribution in [0.2, 0.25) is 0 Å². The maximum Gasteiger partial charge on any atom is 0.253 e. The molecule has 110 valence electrons. The van der Waals surface area contributed by atoms with Crippen LogP contribution in [-0.4, -0.2) is 16.3 Å². The lowest BCUT2D eigenvalue weighted by atomic mass is 9.88. The molecule has 0 saturated carbocycles. The molecule has 0 spiro atoms. The molecule has 5 heteroatoms. The Balaban J connectivity index is 2.01. The molecule has 3 heterocycles. The van der Waals surface area contributed by atoms with E-state index in [-0.39, 0.29) is 11.7 Å². The van der Waals surface area contributed by atoms with Crippen molar-refractivity contribution in [1.29, 1.82) is 5.26 Å². The average molecular weight is 294 g/mol. The van der Waals surface area contributed by atoms with Crippen LogP contribution < -0.4 is 10.3 Å². The average Bonchev–Trinajstić information content (AvgIpc) is 3.25. The Labute approximate surface area is 127 Å². The standard InChI is InChI=1S/C17H14N2O3/c1-16(2)15-17(22-15,19-8-4-3-5-14(19)20)12-9-11(10-18)6-7-13(12)21-16/h3-9,15H,1-2H3. The van der Waals surface area contributed by atoms with Crippen LogP contribution in [0.4, 0.5) is 0 Å². The van der Waals surface area contributed by atoms with Gasteiger partial charge in [-0.2, -0.15) is 5.26 Å². The predicted molar refractivity (Wildman–Crippen MR) is 78.5 cm³/mol. The molecule has 0 amide bonds. The molecule has 4 rings (SSSR count). The zero-order valence-corrected chi connectivity index (χ0v) is 12.2. The van der Waals surface area contributed by atoms with Gasteiger partial charge in [-0.1, -0.05) is 6.07 Å². The maximum atomic E-state index is 12.3. The Morgan fingerprint density at radius 3 is 2.82 bits per heavy atom. The van der Waals surface area contributed by atoms with Crippen LogP contribution in [0.3, 0.4) is 0 Å². The first-order valence-electron chi connectivity index (χ1n) is 7.09. The highest BCUT2D eigenvalue weighted by atomic mass is 16.7. The lowest BCUT2D eigenvalue weighted by molar-refractivity contribution is 0.0701. The predicted octanol–water partition coefficient (Wildman–Crippen LogP) is 1.99. The molecule has 2 aromatic rings. The van der Waals surface area contributed by atoms with Gasteiger partial charge in [0.15, 0.2) is 6.10 Å². The molecule has 0 N–H and O–H groups in total. The number of pyridine rings is 1. The van der Waals surface area contributed by atoms with Crippen molar-refractivity contribution in [3.05, 3.63) is 64.1 Å². The SMILES string of the molecule is CC1(C)Oc2ccc(C#N)cc2C2(n3ccccc3=O)OC12. The van der Waals surface area contributed by atoms with E-state index in [0.29, 0.717) is 11.3 Å². The molecular formula is C17H14N2O3. The molecule has 1 fully saturated rings. The van der Waals surface area contributed by atoms with Crippen LogP contribution in [0.5, 0.6) is 5.75 Å². The summed E-state index contributed by atoms with van der Waals surface area (Å²) in [7, 11) is 0. The number of nitriles is 1. The molecule has 2 unspecified atom stereocenters. The maximum absolute atomic E-state index is 12.3. The summed E-state index contributed by atoms with van der Waals surface area (Å²) in [6.45, 7) is 3.88. The first-order chi connectivity index (χ1) is 10.5. The summed E-state index contributed by atoms with van der Waals surface area (Å²) >= 11 is 0. The number of benzene rings is 1. The van der Waals surface area contributed by atoms with E-state index in [0.717, 1.165) is 5.56 Å². The summed E-state index contributed by atoms with van der Waals surface area (Å²) in [5.74, 6) is 0.647. The third-order valence-electron chi connectivity index (χ3n) is 4.28. The minimum absolute atomic E-state index is 0.143. The Morgan fingerprint density at radius 2 is 2.09 bits per heavy atom. The van der Waals surface area contributed by atoms with E-state index >= 15 is 0 Å². The van der Waals surface area contributed by atoms with Crippen molar-refractivity contribution in [3.63, 3.8) is 0 Å². The zero-order chi connectivity index (χ0) is 15.5. The van der Waals surface area contributed by atoms with Crippen molar-refractivity contribution >= 4 is 0 Å². The molecule has 2 aliphatic heterocycles. The van der Waals surface area contributed by atoms with Crippen LogP contribution >= 0.6 is 0 Å². The summed E-state index contributed by atoms with van der Waals surface area (Å²) in [5, 5.41) is 9.15.